The fourth-order valence-electron chi connectivity index (χ4n) is 1.89. The van der Waals surface area contributed by atoms with E-state index in [9.17, 15) is 4.21 Å². The molecule has 5 nitrogen and oxygen atoms in total. The van der Waals surface area contributed by atoms with Crippen LogP contribution in [0.1, 0.15) is 25.2 Å². The summed E-state index contributed by atoms with van der Waals surface area (Å²) in [5.74, 6) is 0.426. The summed E-state index contributed by atoms with van der Waals surface area (Å²) < 4.78 is 14.3. The number of pyridine rings is 1. The van der Waals surface area contributed by atoms with Crippen molar-refractivity contribution in [2.24, 2.45) is 0 Å². The summed E-state index contributed by atoms with van der Waals surface area (Å²) in [4.78, 5) is 4.54. The summed E-state index contributed by atoms with van der Waals surface area (Å²) in [6.07, 6.45) is 4.02. The maximum absolute atomic E-state index is 12.4. The summed E-state index contributed by atoms with van der Waals surface area (Å²) in [6.45, 7) is 4.86. The third-order valence-electron chi connectivity index (χ3n) is 2.91. The number of nitrogens with two attached hydrogens (primary N) is 1. The van der Waals surface area contributed by atoms with Crippen molar-refractivity contribution in [3.8, 4) is 0 Å². The van der Waals surface area contributed by atoms with E-state index in [0.717, 1.165) is 24.4 Å². The van der Waals surface area contributed by atoms with E-state index in [2.05, 4.69) is 17.0 Å². The zero-order valence-corrected chi connectivity index (χ0v) is 12.0. The smallest absolute Gasteiger partial charge is 0.0703 e. The summed E-state index contributed by atoms with van der Waals surface area (Å²) in [5, 5.41) is 4.45. The highest BCUT2D eigenvalue weighted by Crippen LogP contribution is 2.18. The Morgan fingerprint density at radius 3 is 2.84 bits per heavy atom. The molecule has 102 valence electrons. The molecule has 0 bridgehead atoms. The van der Waals surface area contributed by atoms with E-state index in [4.69, 9.17) is 5.73 Å². The fourth-order valence-corrected chi connectivity index (χ4v) is 3.08. The van der Waals surface area contributed by atoms with Crippen molar-refractivity contribution in [1.82, 2.24) is 14.8 Å². The molecule has 0 aliphatic heterocycles. The van der Waals surface area contributed by atoms with Crippen molar-refractivity contribution >= 4 is 16.5 Å². The minimum absolute atomic E-state index is 0.426. The SMILES string of the molecule is CCc1cc(CS(=O)c2ccncc2N)n(CC)n1. The van der Waals surface area contributed by atoms with Gasteiger partial charge in [-0.15, -0.1) is 0 Å². The molecule has 2 aromatic heterocycles. The lowest BCUT2D eigenvalue weighted by molar-refractivity contribution is 0.623. The van der Waals surface area contributed by atoms with Gasteiger partial charge in [-0.2, -0.15) is 5.10 Å². The van der Waals surface area contributed by atoms with Gasteiger partial charge in [-0.25, -0.2) is 0 Å². The largest absolute Gasteiger partial charge is 0.396 e. The van der Waals surface area contributed by atoms with Gasteiger partial charge in [0.2, 0.25) is 0 Å². The van der Waals surface area contributed by atoms with Crippen molar-refractivity contribution in [3.63, 3.8) is 0 Å². The van der Waals surface area contributed by atoms with Gasteiger partial charge >= 0.3 is 0 Å². The highest BCUT2D eigenvalue weighted by Gasteiger charge is 2.13. The Hall–Kier alpha value is -1.69. The normalized spacial score (nSPS) is 12.5. The van der Waals surface area contributed by atoms with Gasteiger partial charge in [0.25, 0.3) is 0 Å². The number of anilines is 1. The molecule has 2 aromatic rings. The highest BCUT2D eigenvalue weighted by atomic mass is 32.2. The Bertz CT molecular complexity index is 594. The number of hydrogen-bond donors (Lipinski definition) is 1. The number of nitrogens with zero attached hydrogens (tertiary/aromatic N) is 3. The number of rotatable bonds is 5. The number of hydrogen-bond acceptors (Lipinski definition) is 4. The fraction of sp³-hybridized carbons (Fsp3) is 0.385. The molecule has 1 unspecified atom stereocenters. The zero-order chi connectivity index (χ0) is 13.8. The molecule has 0 saturated heterocycles. The predicted molar refractivity (Wildman–Crippen MR) is 76.0 cm³/mol. The summed E-state index contributed by atoms with van der Waals surface area (Å²) in [7, 11) is -1.17. The van der Waals surface area contributed by atoms with Gasteiger partial charge in [0, 0.05) is 12.7 Å². The van der Waals surface area contributed by atoms with Crippen LogP contribution in [0.2, 0.25) is 0 Å². The van der Waals surface area contributed by atoms with E-state index in [-0.39, 0.29) is 0 Å². The average molecular weight is 278 g/mol. The molecule has 1 atom stereocenters. The van der Waals surface area contributed by atoms with Gasteiger partial charge in [0.1, 0.15) is 0 Å². The van der Waals surface area contributed by atoms with E-state index in [1.165, 1.54) is 6.20 Å². The van der Waals surface area contributed by atoms with E-state index in [1.807, 2.05) is 17.7 Å². The summed E-state index contributed by atoms with van der Waals surface area (Å²) in [6, 6.07) is 3.72. The van der Waals surface area contributed by atoms with Crippen molar-refractivity contribution in [3.05, 3.63) is 35.9 Å². The standard InChI is InChI=1S/C13H18N4OS/c1-3-10-7-11(17(4-2)16-10)9-19(18)13-5-6-15-8-12(13)14/h5-8H,3-4,9,14H2,1-2H3. The van der Waals surface area contributed by atoms with Crippen LogP contribution in [0, 0.1) is 0 Å². The lowest BCUT2D eigenvalue weighted by atomic mass is 10.3. The molecule has 2 N–H and O–H groups in total. The Morgan fingerprint density at radius 1 is 1.42 bits per heavy atom. The molecule has 0 spiro atoms. The minimum atomic E-state index is -1.17. The van der Waals surface area contributed by atoms with Crippen LogP contribution >= 0.6 is 0 Å². The summed E-state index contributed by atoms with van der Waals surface area (Å²) in [5.41, 5.74) is 8.28. The molecular formula is C13H18N4OS. The van der Waals surface area contributed by atoms with Crippen molar-refractivity contribution < 1.29 is 4.21 Å². The quantitative estimate of drug-likeness (QED) is 0.904. The third kappa shape index (κ3) is 3.01. The molecule has 0 fully saturated rings. The molecule has 6 heteroatoms. The number of aromatic nitrogens is 3. The van der Waals surface area contributed by atoms with E-state index in [0.29, 0.717) is 16.3 Å². The lowest BCUT2D eigenvalue weighted by Crippen LogP contribution is -2.07. The second kappa shape index (κ2) is 5.97. The second-order valence-corrected chi connectivity index (χ2v) is 5.62. The van der Waals surface area contributed by atoms with Gasteiger partial charge in [0.05, 0.1) is 44.7 Å². The van der Waals surface area contributed by atoms with E-state index >= 15 is 0 Å². The maximum atomic E-state index is 12.4. The van der Waals surface area contributed by atoms with Crippen LogP contribution < -0.4 is 5.73 Å². The molecular weight excluding hydrogens is 260 g/mol. The van der Waals surface area contributed by atoms with E-state index in [1.54, 1.807) is 12.3 Å². The van der Waals surface area contributed by atoms with Crippen molar-refractivity contribution in [1.29, 1.82) is 0 Å². The van der Waals surface area contributed by atoms with Crippen LogP contribution in [0.15, 0.2) is 29.4 Å². The highest BCUT2D eigenvalue weighted by molar-refractivity contribution is 7.84. The minimum Gasteiger partial charge on any atom is -0.396 e. The van der Waals surface area contributed by atoms with Crippen LogP contribution in [0.5, 0.6) is 0 Å². The van der Waals surface area contributed by atoms with Gasteiger partial charge in [-0.05, 0) is 25.5 Å². The molecule has 0 amide bonds. The van der Waals surface area contributed by atoms with Crippen LogP contribution in [0.25, 0.3) is 0 Å². The van der Waals surface area contributed by atoms with Crippen molar-refractivity contribution in [2.45, 2.75) is 37.5 Å². The summed E-state index contributed by atoms with van der Waals surface area (Å²) >= 11 is 0. The first-order valence-corrected chi connectivity index (χ1v) is 7.61. The van der Waals surface area contributed by atoms with Crippen LogP contribution in [0.3, 0.4) is 0 Å². The number of aryl methyl sites for hydroxylation is 2. The van der Waals surface area contributed by atoms with Crippen LogP contribution in [0.4, 0.5) is 5.69 Å². The lowest BCUT2D eigenvalue weighted by Gasteiger charge is -2.06. The molecule has 0 aromatic carbocycles. The third-order valence-corrected chi connectivity index (χ3v) is 4.33. The first-order valence-electron chi connectivity index (χ1n) is 6.29. The first-order chi connectivity index (χ1) is 9.15. The van der Waals surface area contributed by atoms with E-state index < -0.39 is 10.8 Å². The molecule has 19 heavy (non-hydrogen) atoms. The topological polar surface area (TPSA) is 73.8 Å². The second-order valence-electron chi connectivity index (χ2n) is 4.20. The van der Waals surface area contributed by atoms with Crippen molar-refractivity contribution in [2.75, 3.05) is 5.73 Å². The zero-order valence-electron chi connectivity index (χ0n) is 11.2. The Kier molecular flexibility index (Phi) is 4.31. The molecule has 2 heterocycles. The van der Waals surface area contributed by atoms with Crippen LogP contribution in [-0.4, -0.2) is 19.0 Å². The monoisotopic (exact) mass is 278 g/mol. The average Bonchev–Trinajstić information content (AvgIpc) is 2.81. The molecule has 0 radical (unpaired) electrons. The molecule has 0 aliphatic rings. The predicted octanol–water partition coefficient (Wildman–Crippen LogP) is 1.75. The maximum Gasteiger partial charge on any atom is 0.0703 e. The van der Waals surface area contributed by atoms with Gasteiger partial charge in [-0.3, -0.25) is 13.9 Å². The molecule has 2 rings (SSSR count). The van der Waals surface area contributed by atoms with Gasteiger partial charge in [0.15, 0.2) is 0 Å². The van der Waals surface area contributed by atoms with Gasteiger partial charge in [-0.1, -0.05) is 6.92 Å². The molecule has 0 saturated carbocycles. The number of nitrogen functional groups attached to an aromatic ring is 1. The Morgan fingerprint density at radius 2 is 2.21 bits per heavy atom. The Balaban J connectivity index is 2.24. The van der Waals surface area contributed by atoms with Gasteiger partial charge < -0.3 is 5.73 Å². The Labute approximate surface area is 115 Å². The molecule has 0 aliphatic carbocycles. The first kappa shape index (κ1) is 13.7. The van der Waals surface area contributed by atoms with Crippen LogP contribution in [-0.2, 0) is 29.5 Å².